The maximum Gasteiger partial charge on any atom is 0.121 e. The van der Waals surface area contributed by atoms with Crippen LogP contribution in [-0.4, -0.2) is 41.4 Å². The Kier molecular flexibility index (Phi) is 6.14. The number of hydrogen-bond donors (Lipinski definition) is 3. The van der Waals surface area contributed by atoms with Crippen LogP contribution in [0.5, 0.6) is 5.75 Å². The highest BCUT2D eigenvalue weighted by atomic mass is 35.5. The maximum absolute atomic E-state index is 10.0. The fourth-order valence-electron chi connectivity index (χ4n) is 2.90. The molecule has 1 saturated heterocycles. The summed E-state index contributed by atoms with van der Waals surface area (Å²) < 4.78 is 0. The normalized spacial score (nSPS) is 18.9. The minimum absolute atomic E-state index is 0.111. The highest BCUT2D eigenvalue weighted by molar-refractivity contribution is 6.42. The van der Waals surface area contributed by atoms with Crippen molar-refractivity contribution >= 4 is 23.2 Å². The number of aromatic hydroxyl groups is 1. The summed E-state index contributed by atoms with van der Waals surface area (Å²) in [6, 6.07) is 2.89. The third-order valence-corrected chi connectivity index (χ3v) is 4.92. The lowest BCUT2D eigenvalue weighted by Crippen LogP contribution is -2.38. The fourth-order valence-corrected chi connectivity index (χ4v) is 3.23. The van der Waals surface area contributed by atoms with E-state index in [2.05, 4.69) is 4.90 Å². The number of piperidine rings is 1. The van der Waals surface area contributed by atoms with E-state index >= 15 is 0 Å². The van der Waals surface area contributed by atoms with Crippen LogP contribution in [0.1, 0.15) is 30.9 Å². The fraction of sp³-hybridized carbons (Fsp3) is 0.600. The van der Waals surface area contributed by atoms with Crippen LogP contribution in [0.3, 0.4) is 0 Å². The van der Waals surface area contributed by atoms with E-state index in [4.69, 9.17) is 34.0 Å². The van der Waals surface area contributed by atoms with E-state index in [0.717, 1.165) is 38.9 Å². The van der Waals surface area contributed by atoms with Gasteiger partial charge < -0.3 is 20.8 Å². The third kappa shape index (κ3) is 4.24. The van der Waals surface area contributed by atoms with E-state index < -0.39 is 0 Å². The SMILES string of the molecule is N[C@@H](c1cc(Cl)c(Cl)cc1O)C1CCN(CCCO)CC1. The van der Waals surface area contributed by atoms with Crippen molar-refractivity contribution in [2.75, 3.05) is 26.2 Å². The first-order valence-corrected chi connectivity index (χ1v) is 8.05. The molecule has 0 aliphatic carbocycles. The Morgan fingerprint density at radius 1 is 1.24 bits per heavy atom. The van der Waals surface area contributed by atoms with Gasteiger partial charge in [0.05, 0.1) is 10.0 Å². The predicted molar refractivity (Wildman–Crippen MR) is 85.9 cm³/mol. The van der Waals surface area contributed by atoms with Crippen LogP contribution < -0.4 is 5.73 Å². The van der Waals surface area contributed by atoms with Gasteiger partial charge in [0.1, 0.15) is 5.75 Å². The average Bonchev–Trinajstić information content (AvgIpc) is 2.48. The average molecular weight is 333 g/mol. The van der Waals surface area contributed by atoms with Gasteiger partial charge in [0.2, 0.25) is 0 Å². The predicted octanol–water partition coefficient (Wildman–Crippen LogP) is 2.79. The molecule has 118 valence electrons. The summed E-state index contributed by atoms with van der Waals surface area (Å²) in [7, 11) is 0. The van der Waals surface area contributed by atoms with Gasteiger partial charge in [-0.05, 0) is 44.3 Å². The van der Waals surface area contributed by atoms with Gasteiger partial charge in [-0.2, -0.15) is 0 Å². The zero-order chi connectivity index (χ0) is 15.4. The number of phenols is 1. The molecule has 0 radical (unpaired) electrons. The molecular weight excluding hydrogens is 311 g/mol. The number of aliphatic hydroxyl groups excluding tert-OH is 1. The Morgan fingerprint density at radius 2 is 1.86 bits per heavy atom. The Balaban J connectivity index is 1.99. The highest BCUT2D eigenvalue weighted by Gasteiger charge is 2.27. The summed E-state index contributed by atoms with van der Waals surface area (Å²) in [5.74, 6) is 0.429. The number of hydrogen-bond acceptors (Lipinski definition) is 4. The van der Waals surface area contributed by atoms with E-state index in [-0.39, 0.29) is 18.4 Å². The molecule has 1 fully saturated rings. The lowest BCUT2D eigenvalue weighted by molar-refractivity contribution is 0.155. The van der Waals surface area contributed by atoms with Gasteiger partial charge in [-0.3, -0.25) is 0 Å². The monoisotopic (exact) mass is 332 g/mol. The molecule has 0 amide bonds. The molecule has 0 bridgehead atoms. The molecule has 2 rings (SSSR count). The minimum atomic E-state index is -0.236. The Labute approximate surface area is 135 Å². The van der Waals surface area contributed by atoms with Crippen molar-refractivity contribution in [3.63, 3.8) is 0 Å². The van der Waals surface area contributed by atoms with Gasteiger partial charge in [-0.25, -0.2) is 0 Å². The number of benzene rings is 1. The van der Waals surface area contributed by atoms with Crippen molar-refractivity contribution in [3.8, 4) is 5.75 Å². The smallest absolute Gasteiger partial charge is 0.121 e. The maximum atomic E-state index is 10.0. The number of nitrogens with zero attached hydrogens (tertiary/aromatic N) is 1. The second kappa shape index (κ2) is 7.65. The van der Waals surface area contributed by atoms with Gasteiger partial charge in [-0.15, -0.1) is 0 Å². The minimum Gasteiger partial charge on any atom is -0.508 e. The molecule has 6 heteroatoms. The van der Waals surface area contributed by atoms with Crippen molar-refractivity contribution in [2.45, 2.75) is 25.3 Å². The lowest BCUT2D eigenvalue weighted by Gasteiger charge is -2.35. The number of nitrogens with two attached hydrogens (primary N) is 1. The second-order valence-corrected chi connectivity index (χ2v) is 6.42. The zero-order valence-corrected chi connectivity index (χ0v) is 13.4. The lowest BCUT2D eigenvalue weighted by atomic mass is 9.85. The van der Waals surface area contributed by atoms with Crippen LogP contribution in [0, 0.1) is 5.92 Å². The van der Waals surface area contributed by atoms with Crippen molar-refractivity contribution in [3.05, 3.63) is 27.7 Å². The molecular formula is C15H22Cl2N2O2. The van der Waals surface area contributed by atoms with E-state index in [1.807, 2.05) is 0 Å². The van der Waals surface area contributed by atoms with Crippen molar-refractivity contribution in [1.29, 1.82) is 0 Å². The zero-order valence-electron chi connectivity index (χ0n) is 11.9. The number of rotatable bonds is 5. The largest absolute Gasteiger partial charge is 0.508 e. The van der Waals surface area contributed by atoms with E-state index in [0.29, 0.717) is 21.5 Å². The Morgan fingerprint density at radius 3 is 2.48 bits per heavy atom. The van der Waals surface area contributed by atoms with E-state index in [9.17, 15) is 5.11 Å². The van der Waals surface area contributed by atoms with Crippen LogP contribution in [-0.2, 0) is 0 Å². The molecule has 1 aliphatic rings. The van der Waals surface area contributed by atoms with Crippen LogP contribution in [0.25, 0.3) is 0 Å². The molecule has 4 N–H and O–H groups in total. The number of halogens is 2. The Hall–Kier alpha value is -0.520. The van der Waals surface area contributed by atoms with Crippen LogP contribution >= 0.6 is 23.2 Å². The first-order valence-electron chi connectivity index (χ1n) is 7.29. The van der Waals surface area contributed by atoms with Gasteiger partial charge >= 0.3 is 0 Å². The van der Waals surface area contributed by atoms with Crippen LogP contribution in [0.2, 0.25) is 10.0 Å². The molecule has 1 aromatic carbocycles. The molecule has 4 nitrogen and oxygen atoms in total. The van der Waals surface area contributed by atoms with E-state index in [1.165, 1.54) is 6.07 Å². The van der Waals surface area contributed by atoms with Gasteiger partial charge in [-0.1, -0.05) is 23.2 Å². The summed E-state index contributed by atoms with van der Waals surface area (Å²) >= 11 is 11.9. The first-order chi connectivity index (χ1) is 10.0. The molecule has 1 heterocycles. The van der Waals surface area contributed by atoms with E-state index in [1.54, 1.807) is 6.07 Å². The topological polar surface area (TPSA) is 69.7 Å². The quantitative estimate of drug-likeness (QED) is 0.775. The van der Waals surface area contributed by atoms with Crippen LogP contribution in [0.4, 0.5) is 0 Å². The van der Waals surface area contributed by atoms with Crippen molar-refractivity contribution < 1.29 is 10.2 Å². The first kappa shape index (κ1) is 16.8. The molecule has 1 aliphatic heterocycles. The summed E-state index contributed by atoms with van der Waals surface area (Å²) in [6.07, 6.45) is 2.77. The van der Waals surface area contributed by atoms with Gasteiger partial charge in [0.25, 0.3) is 0 Å². The molecule has 0 aromatic heterocycles. The highest BCUT2D eigenvalue weighted by Crippen LogP contribution is 2.37. The number of phenolic OH excluding ortho intramolecular Hbond substituents is 1. The third-order valence-electron chi connectivity index (χ3n) is 4.20. The van der Waals surface area contributed by atoms with Crippen LogP contribution in [0.15, 0.2) is 12.1 Å². The summed E-state index contributed by atoms with van der Waals surface area (Å²) in [5.41, 5.74) is 6.98. The molecule has 0 spiro atoms. The molecule has 0 saturated carbocycles. The number of aliphatic hydroxyl groups is 1. The standard InChI is InChI=1S/C15H22Cl2N2O2/c16-12-8-11(14(21)9-13(12)17)15(18)10-2-5-19(6-3-10)4-1-7-20/h8-10,15,20-21H,1-7,18H2/t15-/m1/s1. The molecule has 1 atom stereocenters. The molecule has 0 unspecified atom stereocenters. The van der Waals surface area contributed by atoms with Gasteiger partial charge in [0, 0.05) is 30.8 Å². The van der Waals surface area contributed by atoms with Gasteiger partial charge in [0.15, 0.2) is 0 Å². The van der Waals surface area contributed by atoms with Crippen molar-refractivity contribution in [1.82, 2.24) is 4.90 Å². The molecule has 21 heavy (non-hydrogen) atoms. The summed E-state index contributed by atoms with van der Waals surface area (Å²) in [6.45, 7) is 3.11. The second-order valence-electron chi connectivity index (χ2n) is 5.61. The number of likely N-dealkylation sites (tertiary alicyclic amines) is 1. The van der Waals surface area contributed by atoms with Crippen molar-refractivity contribution in [2.24, 2.45) is 11.7 Å². The summed E-state index contributed by atoms with van der Waals surface area (Å²) in [5, 5.41) is 19.6. The molecule has 1 aromatic rings. The Bertz CT molecular complexity index is 477. The summed E-state index contributed by atoms with van der Waals surface area (Å²) in [4.78, 5) is 2.34.